The molecule has 0 unspecified atom stereocenters. The second-order valence-electron chi connectivity index (χ2n) is 5.24. The Morgan fingerprint density at radius 2 is 1.64 bits per heavy atom. The lowest BCUT2D eigenvalue weighted by Crippen LogP contribution is -2.29. The lowest BCUT2D eigenvalue weighted by atomic mass is 10.1. The van der Waals surface area contributed by atoms with Crippen LogP contribution in [0.5, 0.6) is 5.75 Å². The largest absolute Gasteiger partial charge is 0.496 e. The maximum Gasteiger partial charge on any atom is 0.337 e. The van der Waals surface area contributed by atoms with Crippen LogP contribution in [0.25, 0.3) is 0 Å². The summed E-state index contributed by atoms with van der Waals surface area (Å²) in [5.74, 6) is -1.10. The van der Waals surface area contributed by atoms with Crippen molar-refractivity contribution in [2.75, 3.05) is 14.2 Å². The second-order valence-corrected chi connectivity index (χ2v) is 5.24. The molecule has 0 saturated carbocycles. The van der Waals surface area contributed by atoms with Crippen molar-refractivity contribution in [1.82, 2.24) is 5.06 Å². The van der Waals surface area contributed by atoms with E-state index in [9.17, 15) is 14.4 Å². The summed E-state index contributed by atoms with van der Waals surface area (Å²) in [4.78, 5) is 41.6. The zero-order chi connectivity index (χ0) is 18.0. The molecule has 1 heterocycles. The number of carbonyl (C=O) groups is 3. The van der Waals surface area contributed by atoms with E-state index >= 15 is 0 Å². The van der Waals surface area contributed by atoms with Gasteiger partial charge < -0.3 is 9.47 Å². The number of ether oxygens (including phenoxy) is 2. The smallest absolute Gasteiger partial charge is 0.337 e. The molecule has 0 atom stereocenters. The van der Waals surface area contributed by atoms with E-state index in [4.69, 9.17) is 9.57 Å². The average Bonchev–Trinajstić information content (AvgIpc) is 2.90. The van der Waals surface area contributed by atoms with E-state index in [1.165, 1.54) is 20.3 Å². The highest BCUT2D eigenvalue weighted by molar-refractivity contribution is 6.20. The van der Waals surface area contributed by atoms with Gasteiger partial charge in [-0.2, -0.15) is 0 Å². The van der Waals surface area contributed by atoms with Gasteiger partial charge in [-0.05, 0) is 30.3 Å². The highest BCUT2D eigenvalue weighted by atomic mass is 16.7. The molecule has 2 amide bonds. The zero-order valence-electron chi connectivity index (χ0n) is 13.6. The van der Waals surface area contributed by atoms with Gasteiger partial charge >= 0.3 is 5.97 Å². The third kappa shape index (κ3) is 2.97. The second kappa shape index (κ2) is 6.74. The van der Waals surface area contributed by atoms with E-state index in [2.05, 4.69) is 4.74 Å². The van der Waals surface area contributed by atoms with Crippen LogP contribution in [0.1, 0.15) is 36.6 Å². The molecule has 2 aromatic carbocycles. The molecule has 0 fully saturated rings. The number of amides is 2. The van der Waals surface area contributed by atoms with Crippen LogP contribution in [0.15, 0.2) is 42.5 Å². The van der Waals surface area contributed by atoms with Crippen molar-refractivity contribution in [1.29, 1.82) is 0 Å². The van der Waals surface area contributed by atoms with Gasteiger partial charge in [0.25, 0.3) is 11.8 Å². The number of carbonyl (C=O) groups excluding carboxylic acids is 3. The molecule has 1 aliphatic heterocycles. The number of methoxy groups -OCH3 is 2. The zero-order valence-corrected chi connectivity index (χ0v) is 13.6. The third-order valence-corrected chi connectivity index (χ3v) is 3.81. The van der Waals surface area contributed by atoms with Crippen molar-refractivity contribution in [3.63, 3.8) is 0 Å². The van der Waals surface area contributed by atoms with Gasteiger partial charge in [0.2, 0.25) is 0 Å². The van der Waals surface area contributed by atoms with E-state index in [-0.39, 0.29) is 6.61 Å². The summed E-state index contributed by atoms with van der Waals surface area (Å²) >= 11 is 0. The van der Waals surface area contributed by atoms with Gasteiger partial charge in [-0.15, -0.1) is 5.06 Å². The summed E-state index contributed by atoms with van der Waals surface area (Å²) in [5, 5.41) is 0.717. The van der Waals surface area contributed by atoms with E-state index in [0.717, 1.165) is 5.06 Å². The lowest BCUT2D eigenvalue weighted by Gasteiger charge is -2.15. The van der Waals surface area contributed by atoms with Gasteiger partial charge in [-0.25, -0.2) is 4.79 Å². The van der Waals surface area contributed by atoms with Crippen LogP contribution < -0.4 is 4.74 Å². The molecule has 3 rings (SSSR count). The van der Waals surface area contributed by atoms with Crippen LogP contribution in [0, 0.1) is 0 Å². The van der Waals surface area contributed by atoms with Gasteiger partial charge in [0.1, 0.15) is 12.4 Å². The molecule has 0 spiro atoms. The van der Waals surface area contributed by atoms with E-state index < -0.39 is 17.8 Å². The minimum atomic E-state index is -0.524. The Morgan fingerprint density at radius 1 is 1.00 bits per heavy atom. The quantitative estimate of drug-likeness (QED) is 0.612. The van der Waals surface area contributed by atoms with Crippen molar-refractivity contribution in [2.45, 2.75) is 6.61 Å². The number of imide groups is 1. The van der Waals surface area contributed by atoms with Crippen LogP contribution in [-0.4, -0.2) is 37.1 Å². The monoisotopic (exact) mass is 341 g/mol. The van der Waals surface area contributed by atoms with Crippen LogP contribution >= 0.6 is 0 Å². The third-order valence-electron chi connectivity index (χ3n) is 3.81. The Labute approximate surface area is 143 Å². The summed E-state index contributed by atoms with van der Waals surface area (Å²) in [5.41, 5.74) is 1.40. The molecule has 0 aromatic heterocycles. The van der Waals surface area contributed by atoms with Crippen molar-refractivity contribution < 1.29 is 28.7 Å². The summed E-state index contributed by atoms with van der Waals surface area (Å²) in [6.07, 6.45) is 0. The summed E-state index contributed by atoms with van der Waals surface area (Å²) in [6.45, 7) is -0.126. The molecule has 0 bridgehead atoms. The first kappa shape index (κ1) is 16.7. The minimum absolute atomic E-state index is 0.126. The van der Waals surface area contributed by atoms with E-state index in [1.807, 2.05) is 0 Å². The molecule has 0 N–H and O–H groups in total. The van der Waals surface area contributed by atoms with Gasteiger partial charge in [-0.1, -0.05) is 12.1 Å². The number of hydrogen-bond donors (Lipinski definition) is 0. The number of rotatable bonds is 5. The maximum atomic E-state index is 12.3. The topological polar surface area (TPSA) is 82.1 Å². The predicted molar refractivity (Wildman–Crippen MR) is 86.1 cm³/mol. The van der Waals surface area contributed by atoms with Crippen molar-refractivity contribution in [3.8, 4) is 5.75 Å². The summed E-state index contributed by atoms with van der Waals surface area (Å²) < 4.78 is 9.90. The maximum absolute atomic E-state index is 12.3. The number of hydrogen-bond acceptors (Lipinski definition) is 6. The molecule has 25 heavy (non-hydrogen) atoms. The fourth-order valence-electron chi connectivity index (χ4n) is 2.55. The molecular weight excluding hydrogens is 326 g/mol. The molecule has 7 heteroatoms. The highest BCUT2D eigenvalue weighted by Crippen LogP contribution is 2.26. The minimum Gasteiger partial charge on any atom is -0.496 e. The highest BCUT2D eigenvalue weighted by Gasteiger charge is 2.36. The SMILES string of the molecule is COC(=O)c1ccc(OC)c(CON2C(=O)c3ccccc3C2=O)c1. The number of hydroxylamine groups is 2. The number of esters is 1. The van der Waals surface area contributed by atoms with Gasteiger partial charge in [0.15, 0.2) is 0 Å². The molecule has 7 nitrogen and oxygen atoms in total. The van der Waals surface area contributed by atoms with Gasteiger partial charge in [0.05, 0.1) is 30.9 Å². The summed E-state index contributed by atoms with van der Waals surface area (Å²) in [6, 6.07) is 11.2. The Kier molecular flexibility index (Phi) is 4.49. The molecule has 0 aliphatic carbocycles. The molecule has 1 aliphatic rings. The molecular formula is C18H15NO6. The van der Waals surface area contributed by atoms with Gasteiger partial charge in [0, 0.05) is 5.56 Å². The lowest BCUT2D eigenvalue weighted by molar-refractivity contribution is -0.101. The molecule has 0 saturated heterocycles. The number of benzene rings is 2. The van der Waals surface area contributed by atoms with Crippen molar-refractivity contribution in [2.24, 2.45) is 0 Å². The van der Waals surface area contributed by atoms with Crippen molar-refractivity contribution in [3.05, 3.63) is 64.7 Å². The number of nitrogens with zero attached hydrogens (tertiary/aromatic N) is 1. The van der Waals surface area contributed by atoms with Crippen LogP contribution in [-0.2, 0) is 16.2 Å². The Balaban J connectivity index is 1.81. The van der Waals surface area contributed by atoms with Gasteiger partial charge in [-0.3, -0.25) is 14.4 Å². The molecule has 2 aromatic rings. The standard InChI is InChI=1S/C18H15NO6/c1-23-15-8-7-11(18(22)24-2)9-12(15)10-25-19-16(20)13-5-3-4-6-14(13)17(19)21/h3-9H,10H2,1-2H3. The Hall–Kier alpha value is -3.19. The Bertz CT molecular complexity index is 825. The summed E-state index contributed by atoms with van der Waals surface area (Å²) in [7, 11) is 2.75. The number of fused-ring (bicyclic) bond motifs is 1. The van der Waals surface area contributed by atoms with Crippen LogP contribution in [0.4, 0.5) is 0 Å². The first-order valence-electron chi connectivity index (χ1n) is 7.42. The van der Waals surface area contributed by atoms with Crippen molar-refractivity contribution >= 4 is 17.8 Å². The first-order valence-corrected chi connectivity index (χ1v) is 7.42. The average molecular weight is 341 g/mol. The fourth-order valence-corrected chi connectivity index (χ4v) is 2.55. The van der Waals surface area contributed by atoms with E-state index in [0.29, 0.717) is 28.0 Å². The normalized spacial score (nSPS) is 13.0. The molecule has 128 valence electrons. The van der Waals surface area contributed by atoms with E-state index in [1.54, 1.807) is 36.4 Å². The van der Waals surface area contributed by atoms with Crippen LogP contribution in [0.3, 0.4) is 0 Å². The first-order chi connectivity index (χ1) is 12.1. The Morgan fingerprint density at radius 3 is 2.20 bits per heavy atom. The van der Waals surface area contributed by atoms with Crippen LogP contribution in [0.2, 0.25) is 0 Å². The fraction of sp³-hybridized carbons (Fsp3) is 0.167. The molecule has 0 radical (unpaired) electrons. The predicted octanol–water partition coefficient (Wildman–Crippen LogP) is 2.21.